The summed E-state index contributed by atoms with van der Waals surface area (Å²) in [6, 6.07) is 3.12. The first-order chi connectivity index (χ1) is 9.60. The van der Waals surface area contributed by atoms with Gasteiger partial charge in [-0.2, -0.15) is 0 Å². The molecule has 5 heteroatoms. The summed E-state index contributed by atoms with van der Waals surface area (Å²) in [6.45, 7) is -0.119. The zero-order valence-electron chi connectivity index (χ0n) is 11.4. The zero-order chi connectivity index (χ0) is 14.5. The molecule has 1 fully saturated rings. The third-order valence-electron chi connectivity index (χ3n) is 3.60. The van der Waals surface area contributed by atoms with Gasteiger partial charge in [0.25, 0.3) is 0 Å². The smallest absolute Gasteiger partial charge is 0.188 e. The van der Waals surface area contributed by atoms with Crippen LogP contribution in [0.15, 0.2) is 18.2 Å². The standard InChI is InChI=1S/C15H18F2O3/c1-19-11-3-2-4-12(8-11)20-9-15(18)10-5-6-13(16)14(17)7-10/h5-7,11-12H,2-4,8-9H2,1H3. The minimum atomic E-state index is -1.02. The highest BCUT2D eigenvalue weighted by molar-refractivity contribution is 5.97. The van der Waals surface area contributed by atoms with Gasteiger partial charge in [0.1, 0.15) is 6.61 Å². The second kappa shape index (κ2) is 6.90. The highest BCUT2D eigenvalue weighted by atomic mass is 19.2. The van der Waals surface area contributed by atoms with E-state index in [0.717, 1.165) is 37.8 Å². The molecule has 3 nitrogen and oxygen atoms in total. The number of carbonyl (C=O) groups excluding carboxylic acids is 1. The highest BCUT2D eigenvalue weighted by Gasteiger charge is 2.23. The molecule has 0 aliphatic heterocycles. The number of carbonyl (C=O) groups is 1. The molecule has 20 heavy (non-hydrogen) atoms. The Kier molecular flexibility index (Phi) is 5.20. The summed E-state index contributed by atoms with van der Waals surface area (Å²) in [5.41, 5.74) is 0.128. The lowest BCUT2D eigenvalue weighted by molar-refractivity contribution is -0.0243. The predicted molar refractivity (Wildman–Crippen MR) is 69.7 cm³/mol. The van der Waals surface area contributed by atoms with Crippen molar-refractivity contribution in [3.63, 3.8) is 0 Å². The molecule has 0 bridgehead atoms. The van der Waals surface area contributed by atoms with Gasteiger partial charge in [0.15, 0.2) is 17.4 Å². The Hall–Kier alpha value is -1.33. The topological polar surface area (TPSA) is 35.5 Å². The Morgan fingerprint density at radius 2 is 2.00 bits per heavy atom. The maximum Gasteiger partial charge on any atom is 0.188 e. The molecular weight excluding hydrogens is 266 g/mol. The van der Waals surface area contributed by atoms with E-state index in [2.05, 4.69) is 0 Å². The van der Waals surface area contributed by atoms with Crippen LogP contribution >= 0.6 is 0 Å². The van der Waals surface area contributed by atoms with E-state index in [0.29, 0.717) is 0 Å². The van der Waals surface area contributed by atoms with Crippen LogP contribution in [0, 0.1) is 11.6 Å². The minimum Gasteiger partial charge on any atom is -0.381 e. The van der Waals surface area contributed by atoms with Crippen molar-refractivity contribution in [1.29, 1.82) is 0 Å². The number of ketones is 1. The summed E-state index contributed by atoms with van der Waals surface area (Å²) in [7, 11) is 1.67. The molecule has 0 heterocycles. The SMILES string of the molecule is COC1CCCC(OCC(=O)c2ccc(F)c(F)c2)C1. The molecule has 0 saturated heterocycles. The van der Waals surface area contributed by atoms with Gasteiger partial charge in [-0.05, 0) is 43.9 Å². The first-order valence-corrected chi connectivity index (χ1v) is 6.72. The fraction of sp³-hybridized carbons (Fsp3) is 0.533. The molecule has 1 saturated carbocycles. The monoisotopic (exact) mass is 284 g/mol. The molecule has 0 spiro atoms. The van der Waals surface area contributed by atoms with Crippen LogP contribution in [0.4, 0.5) is 8.78 Å². The van der Waals surface area contributed by atoms with Crippen LogP contribution in [0.25, 0.3) is 0 Å². The van der Waals surface area contributed by atoms with Crippen LogP contribution in [0.5, 0.6) is 0 Å². The van der Waals surface area contributed by atoms with Crippen molar-refractivity contribution in [2.24, 2.45) is 0 Å². The number of rotatable bonds is 5. The van der Waals surface area contributed by atoms with Gasteiger partial charge < -0.3 is 9.47 Å². The van der Waals surface area contributed by atoms with Crippen molar-refractivity contribution >= 4 is 5.78 Å². The highest BCUT2D eigenvalue weighted by Crippen LogP contribution is 2.23. The lowest BCUT2D eigenvalue weighted by Gasteiger charge is -2.27. The quantitative estimate of drug-likeness (QED) is 0.779. The van der Waals surface area contributed by atoms with Crippen molar-refractivity contribution in [2.75, 3.05) is 13.7 Å². The molecular formula is C15H18F2O3. The fourth-order valence-corrected chi connectivity index (χ4v) is 2.41. The molecule has 1 aliphatic rings. The van der Waals surface area contributed by atoms with Crippen LogP contribution in [0.2, 0.25) is 0 Å². The van der Waals surface area contributed by atoms with Gasteiger partial charge in [-0.25, -0.2) is 8.78 Å². The van der Waals surface area contributed by atoms with E-state index in [1.54, 1.807) is 7.11 Å². The Balaban J connectivity index is 1.87. The van der Waals surface area contributed by atoms with E-state index in [-0.39, 0.29) is 30.2 Å². The average Bonchev–Trinajstić information content (AvgIpc) is 2.47. The number of halogens is 2. The van der Waals surface area contributed by atoms with Crippen molar-refractivity contribution in [1.82, 2.24) is 0 Å². The van der Waals surface area contributed by atoms with E-state index >= 15 is 0 Å². The van der Waals surface area contributed by atoms with Crippen molar-refractivity contribution in [3.8, 4) is 0 Å². The number of Topliss-reactive ketones (excluding diaryl/α,β-unsaturated/α-hetero) is 1. The molecule has 0 radical (unpaired) electrons. The minimum absolute atomic E-state index is 0.0112. The summed E-state index contributed by atoms with van der Waals surface area (Å²) in [5, 5.41) is 0. The van der Waals surface area contributed by atoms with Crippen LogP contribution in [0.1, 0.15) is 36.0 Å². The summed E-state index contributed by atoms with van der Waals surface area (Å²) in [4.78, 5) is 11.9. The normalized spacial score (nSPS) is 22.8. The van der Waals surface area contributed by atoms with E-state index < -0.39 is 11.6 Å². The van der Waals surface area contributed by atoms with Crippen LogP contribution in [-0.4, -0.2) is 31.7 Å². The van der Waals surface area contributed by atoms with Gasteiger partial charge in [0.05, 0.1) is 12.2 Å². The summed E-state index contributed by atoms with van der Waals surface area (Å²) < 4.78 is 36.7. The van der Waals surface area contributed by atoms with Gasteiger partial charge in [-0.3, -0.25) is 4.79 Å². The molecule has 1 aliphatic carbocycles. The molecule has 110 valence electrons. The Morgan fingerprint density at radius 1 is 1.25 bits per heavy atom. The third kappa shape index (κ3) is 3.84. The molecule has 0 aromatic heterocycles. The van der Waals surface area contributed by atoms with E-state index in [4.69, 9.17) is 9.47 Å². The maximum absolute atomic E-state index is 13.0. The van der Waals surface area contributed by atoms with E-state index in [1.807, 2.05) is 0 Å². The first kappa shape index (κ1) is 15.1. The predicted octanol–water partition coefficient (Wildman–Crippen LogP) is 3.12. The molecule has 2 atom stereocenters. The number of benzene rings is 1. The van der Waals surface area contributed by atoms with Gasteiger partial charge in [-0.15, -0.1) is 0 Å². The summed E-state index contributed by atoms with van der Waals surface area (Å²) in [5.74, 6) is -2.32. The third-order valence-corrected chi connectivity index (χ3v) is 3.60. The van der Waals surface area contributed by atoms with Gasteiger partial charge in [0, 0.05) is 12.7 Å². The van der Waals surface area contributed by atoms with Gasteiger partial charge in [0.2, 0.25) is 0 Å². The zero-order valence-corrected chi connectivity index (χ0v) is 11.4. The first-order valence-electron chi connectivity index (χ1n) is 6.72. The van der Waals surface area contributed by atoms with Crippen LogP contribution < -0.4 is 0 Å². The van der Waals surface area contributed by atoms with Crippen LogP contribution in [0.3, 0.4) is 0 Å². The second-order valence-corrected chi connectivity index (χ2v) is 5.01. The Labute approximate surface area is 116 Å². The maximum atomic E-state index is 13.0. The molecule has 2 unspecified atom stereocenters. The van der Waals surface area contributed by atoms with E-state index in [1.165, 1.54) is 6.07 Å². The Bertz CT molecular complexity index is 476. The second-order valence-electron chi connectivity index (χ2n) is 5.01. The molecule has 0 amide bonds. The molecule has 1 aromatic rings. The molecule has 0 N–H and O–H groups in total. The lowest BCUT2D eigenvalue weighted by atomic mass is 9.95. The van der Waals surface area contributed by atoms with Crippen molar-refractivity contribution in [3.05, 3.63) is 35.4 Å². The van der Waals surface area contributed by atoms with Gasteiger partial charge in [-0.1, -0.05) is 0 Å². The van der Waals surface area contributed by atoms with Gasteiger partial charge >= 0.3 is 0 Å². The number of hydrogen-bond acceptors (Lipinski definition) is 3. The Morgan fingerprint density at radius 3 is 2.70 bits per heavy atom. The summed E-state index contributed by atoms with van der Waals surface area (Å²) >= 11 is 0. The van der Waals surface area contributed by atoms with E-state index in [9.17, 15) is 13.6 Å². The number of methoxy groups -OCH3 is 1. The fourth-order valence-electron chi connectivity index (χ4n) is 2.41. The van der Waals surface area contributed by atoms with Crippen LogP contribution in [-0.2, 0) is 9.47 Å². The van der Waals surface area contributed by atoms with Crippen molar-refractivity contribution in [2.45, 2.75) is 37.9 Å². The average molecular weight is 284 g/mol. The largest absolute Gasteiger partial charge is 0.381 e. The number of hydrogen-bond donors (Lipinski definition) is 0. The molecule has 2 rings (SSSR count). The van der Waals surface area contributed by atoms with Crippen molar-refractivity contribution < 1.29 is 23.0 Å². The molecule has 1 aromatic carbocycles. The lowest BCUT2D eigenvalue weighted by Crippen LogP contribution is -2.29. The summed E-state index contributed by atoms with van der Waals surface area (Å²) in [6.07, 6.45) is 3.83. The number of ether oxygens (including phenoxy) is 2.